The standard InChI is InChI=1S/C20H25NO5/c1-19(2,3)26-18(23)21-10-15(9-20(12-21)6-7-20)25-14-4-5-16-13(8-14)11-24-17(16)22/h4-5,8,15H,6-7,9-12H2,1-3H3/t15-/m1/s1. The highest BCUT2D eigenvalue weighted by Gasteiger charge is 2.50. The normalized spacial score (nSPS) is 23.4. The summed E-state index contributed by atoms with van der Waals surface area (Å²) >= 11 is 0. The molecule has 6 heteroatoms. The molecule has 1 saturated carbocycles. The monoisotopic (exact) mass is 359 g/mol. The third-order valence-electron chi connectivity index (χ3n) is 5.18. The first-order valence-corrected chi connectivity index (χ1v) is 9.18. The third-order valence-corrected chi connectivity index (χ3v) is 5.18. The summed E-state index contributed by atoms with van der Waals surface area (Å²) in [4.78, 5) is 25.9. The lowest BCUT2D eigenvalue weighted by Crippen LogP contribution is -2.50. The van der Waals surface area contributed by atoms with Crippen LogP contribution in [0.1, 0.15) is 56.0 Å². The fraction of sp³-hybridized carbons (Fsp3) is 0.600. The minimum atomic E-state index is -0.506. The van der Waals surface area contributed by atoms with Crippen LogP contribution < -0.4 is 4.74 Å². The molecule has 1 aromatic rings. The van der Waals surface area contributed by atoms with Gasteiger partial charge in [-0.15, -0.1) is 0 Å². The Morgan fingerprint density at radius 3 is 2.77 bits per heavy atom. The van der Waals surface area contributed by atoms with Gasteiger partial charge < -0.3 is 19.1 Å². The van der Waals surface area contributed by atoms with E-state index in [-0.39, 0.29) is 23.6 Å². The van der Waals surface area contributed by atoms with Crippen molar-refractivity contribution >= 4 is 12.1 Å². The van der Waals surface area contributed by atoms with Crippen molar-refractivity contribution in [3.63, 3.8) is 0 Å². The van der Waals surface area contributed by atoms with E-state index in [2.05, 4.69) is 0 Å². The number of piperidine rings is 1. The summed E-state index contributed by atoms with van der Waals surface area (Å²) < 4.78 is 16.8. The van der Waals surface area contributed by atoms with Gasteiger partial charge in [-0.25, -0.2) is 9.59 Å². The number of hydrogen-bond acceptors (Lipinski definition) is 5. The lowest BCUT2D eigenvalue weighted by atomic mass is 9.93. The fourth-order valence-electron chi connectivity index (χ4n) is 3.79. The molecule has 26 heavy (non-hydrogen) atoms. The lowest BCUT2D eigenvalue weighted by molar-refractivity contribution is -0.00586. The van der Waals surface area contributed by atoms with Crippen molar-refractivity contribution in [3.8, 4) is 5.75 Å². The molecule has 2 fully saturated rings. The molecule has 0 radical (unpaired) electrons. The average molecular weight is 359 g/mol. The Morgan fingerprint density at radius 1 is 1.31 bits per heavy atom. The van der Waals surface area contributed by atoms with E-state index >= 15 is 0 Å². The highest BCUT2D eigenvalue weighted by atomic mass is 16.6. The van der Waals surface area contributed by atoms with Crippen LogP contribution in [0.4, 0.5) is 4.79 Å². The van der Waals surface area contributed by atoms with Gasteiger partial charge in [-0.3, -0.25) is 0 Å². The SMILES string of the molecule is CC(C)(C)OC(=O)N1C[C@H](Oc2ccc3c(c2)COC3=O)CC2(CC2)C1. The van der Waals surface area contributed by atoms with E-state index in [4.69, 9.17) is 14.2 Å². The molecule has 1 spiro atoms. The Labute approximate surface area is 153 Å². The lowest BCUT2D eigenvalue weighted by Gasteiger charge is -2.38. The topological polar surface area (TPSA) is 65.1 Å². The van der Waals surface area contributed by atoms with Crippen LogP contribution in [0.3, 0.4) is 0 Å². The molecule has 0 N–H and O–H groups in total. The molecule has 6 nitrogen and oxygen atoms in total. The number of nitrogens with zero attached hydrogens (tertiary/aromatic N) is 1. The number of carbonyl (C=O) groups excluding carboxylic acids is 2. The van der Waals surface area contributed by atoms with Crippen LogP contribution in [-0.2, 0) is 16.1 Å². The summed E-state index contributed by atoms with van der Waals surface area (Å²) in [7, 11) is 0. The molecule has 140 valence electrons. The third kappa shape index (κ3) is 3.50. The van der Waals surface area contributed by atoms with Crippen molar-refractivity contribution in [2.24, 2.45) is 5.41 Å². The number of carbonyl (C=O) groups is 2. The predicted molar refractivity (Wildman–Crippen MR) is 94.1 cm³/mol. The van der Waals surface area contributed by atoms with Crippen molar-refractivity contribution in [2.45, 2.75) is 58.3 Å². The fourth-order valence-corrected chi connectivity index (χ4v) is 3.79. The molecule has 0 unspecified atom stereocenters. The summed E-state index contributed by atoms with van der Waals surface area (Å²) in [5, 5.41) is 0. The van der Waals surface area contributed by atoms with E-state index in [1.54, 1.807) is 17.0 Å². The number of fused-ring (bicyclic) bond motifs is 1. The van der Waals surface area contributed by atoms with Crippen molar-refractivity contribution in [3.05, 3.63) is 29.3 Å². The first kappa shape index (κ1) is 17.2. The van der Waals surface area contributed by atoms with Crippen molar-refractivity contribution in [1.29, 1.82) is 0 Å². The van der Waals surface area contributed by atoms with Gasteiger partial charge in [0.1, 0.15) is 24.1 Å². The Balaban J connectivity index is 1.46. The zero-order chi connectivity index (χ0) is 18.5. The summed E-state index contributed by atoms with van der Waals surface area (Å²) in [5.74, 6) is 0.436. The molecule has 3 aliphatic rings. The van der Waals surface area contributed by atoms with Crippen molar-refractivity contribution in [2.75, 3.05) is 13.1 Å². The average Bonchev–Trinajstić information content (AvgIpc) is 3.18. The molecule has 1 aliphatic carbocycles. The summed E-state index contributed by atoms with van der Waals surface area (Å²) in [6, 6.07) is 5.42. The van der Waals surface area contributed by atoms with Crippen LogP contribution >= 0.6 is 0 Å². The molecular formula is C20H25NO5. The molecule has 1 saturated heterocycles. The highest BCUT2D eigenvalue weighted by molar-refractivity contribution is 5.93. The van der Waals surface area contributed by atoms with E-state index in [1.807, 2.05) is 26.8 Å². The first-order valence-electron chi connectivity index (χ1n) is 9.18. The number of hydrogen-bond donors (Lipinski definition) is 0. The van der Waals surface area contributed by atoms with E-state index in [1.165, 1.54) is 0 Å². The van der Waals surface area contributed by atoms with E-state index in [9.17, 15) is 9.59 Å². The molecule has 2 heterocycles. The van der Waals surface area contributed by atoms with Crippen molar-refractivity contribution in [1.82, 2.24) is 4.90 Å². The van der Waals surface area contributed by atoms with Crippen LogP contribution in [0.2, 0.25) is 0 Å². The van der Waals surface area contributed by atoms with Gasteiger partial charge in [0, 0.05) is 12.1 Å². The zero-order valence-corrected chi connectivity index (χ0v) is 15.5. The van der Waals surface area contributed by atoms with Crippen LogP contribution in [0.5, 0.6) is 5.75 Å². The minimum absolute atomic E-state index is 0.0742. The predicted octanol–water partition coefficient (Wildman–Crippen LogP) is 3.53. The Hall–Kier alpha value is -2.24. The number of esters is 1. The Kier molecular flexibility index (Phi) is 3.90. The second-order valence-electron chi connectivity index (χ2n) is 8.70. The van der Waals surface area contributed by atoms with Gasteiger partial charge in [-0.05, 0) is 63.6 Å². The Morgan fingerprint density at radius 2 is 2.08 bits per heavy atom. The molecular weight excluding hydrogens is 334 g/mol. The second-order valence-corrected chi connectivity index (χ2v) is 8.70. The summed E-state index contributed by atoms with van der Waals surface area (Å²) in [6.45, 7) is 7.19. The van der Waals surface area contributed by atoms with E-state index in [0.717, 1.165) is 31.4 Å². The molecule has 0 bridgehead atoms. The van der Waals surface area contributed by atoms with Gasteiger partial charge in [0.15, 0.2) is 0 Å². The van der Waals surface area contributed by atoms with Gasteiger partial charge in [0.25, 0.3) is 0 Å². The second kappa shape index (κ2) is 5.89. The summed E-state index contributed by atoms with van der Waals surface area (Å²) in [5.41, 5.74) is 1.13. The maximum atomic E-state index is 12.5. The number of amides is 1. The van der Waals surface area contributed by atoms with Gasteiger partial charge in [0.05, 0.1) is 12.1 Å². The quantitative estimate of drug-likeness (QED) is 0.756. The van der Waals surface area contributed by atoms with Crippen LogP contribution in [0, 0.1) is 5.41 Å². The largest absolute Gasteiger partial charge is 0.489 e. The van der Waals surface area contributed by atoms with E-state index < -0.39 is 5.60 Å². The molecule has 1 atom stereocenters. The number of benzene rings is 1. The van der Waals surface area contributed by atoms with Gasteiger partial charge in [-0.2, -0.15) is 0 Å². The number of cyclic esters (lactones) is 1. The van der Waals surface area contributed by atoms with Gasteiger partial charge >= 0.3 is 12.1 Å². The summed E-state index contributed by atoms with van der Waals surface area (Å²) in [6.07, 6.45) is 2.84. The number of likely N-dealkylation sites (tertiary alicyclic amines) is 1. The zero-order valence-electron chi connectivity index (χ0n) is 15.5. The molecule has 4 rings (SSSR count). The smallest absolute Gasteiger partial charge is 0.410 e. The maximum absolute atomic E-state index is 12.5. The molecule has 1 aromatic carbocycles. The van der Waals surface area contributed by atoms with Crippen LogP contribution in [-0.4, -0.2) is 41.8 Å². The van der Waals surface area contributed by atoms with Crippen LogP contribution in [0.25, 0.3) is 0 Å². The maximum Gasteiger partial charge on any atom is 0.410 e. The minimum Gasteiger partial charge on any atom is -0.489 e. The number of ether oxygens (including phenoxy) is 3. The Bertz CT molecular complexity index is 747. The molecule has 0 aromatic heterocycles. The molecule has 2 aliphatic heterocycles. The van der Waals surface area contributed by atoms with Gasteiger partial charge in [-0.1, -0.05) is 0 Å². The number of rotatable bonds is 2. The van der Waals surface area contributed by atoms with Gasteiger partial charge in [0.2, 0.25) is 0 Å². The molecule has 1 amide bonds. The van der Waals surface area contributed by atoms with E-state index in [0.29, 0.717) is 24.5 Å². The van der Waals surface area contributed by atoms with Crippen molar-refractivity contribution < 1.29 is 23.8 Å². The highest BCUT2D eigenvalue weighted by Crippen LogP contribution is 2.52. The van der Waals surface area contributed by atoms with Crippen LogP contribution in [0.15, 0.2) is 18.2 Å². The first-order chi connectivity index (χ1) is 12.2.